The largest absolute Gasteiger partial charge is 0.340 e. The summed E-state index contributed by atoms with van der Waals surface area (Å²) in [6.45, 7) is 3.89. The highest BCUT2D eigenvalue weighted by Crippen LogP contribution is 2.19. The molecule has 1 aliphatic heterocycles. The first-order chi connectivity index (χ1) is 9.08. The summed E-state index contributed by atoms with van der Waals surface area (Å²) in [5, 5.41) is 4.02. The zero-order chi connectivity index (χ0) is 13.6. The number of fused-ring (bicyclic) bond motifs is 1. The summed E-state index contributed by atoms with van der Waals surface area (Å²) in [4.78, 5) is 21.2. The highest BCUT2D eigenvalue weighted by atomic mass is 16.1. The SMILES string of the molecule is CN1CCN(c2nc3cnn(C)c(=O)c3n2C)CC1. The van der Waals surface area contributed by atoms with Gasteiger partial charge >= 0.3 is 0 Å². The molecule has 0 radical (unpaired) electrons. The van der Waals surface area contributed by atoms with Crippen molar-refractivity contribution in [3.8, 4) is 0 Å². The van der Waals surface area contributed by atoms with Gasteiger partial charge in [-0.15, -0.1) is 0 Å². The standard InChI is InChI=1S/C12H18N6O/c1-15-4-6-18(7-5-15)12-14-9-8-13-17(3)11(19)10(9)16(12)2/h8H,4-7H2,1-3H3. The second-order valence-electron chi connectivity index (χ2n) is 5.07. The van der Waals surface area contributed by atoms with Crippen molar-refractivity contribution in [3.63, 3.8) is 0 Å². The van der Waals surface area contributed by atoms with Gasteiger partial charge in [0.05, 0.1) is 6.20 Å². The van der Waals surface area contributed by atoms with Crippen LogP contribution in [0.3, 0.4) is 0 Å². The van der Waals surface area contributed by atoms with E-state index in [0.29, 0.717) is 11.0 Å². The smallest absolute Gasteiger partial charge is 0.292 e. The van der Waals surface area contributed by atoms with Gasteiger partial charge in [0.15, 0.2) is 0 Å². The normalized spacial score (nSPS) is 17.3. The minimum atomic E-state index is -0.104. The van der Waals surface area contributed by atoms with Crippen LogP contribution >= 0.6 is 0 Å². The lowest BCUT2D eigenvalue weighted by atomic mass is 10.3. The molecule has 1 saturated heterocycles. The van der Waals surface area contributed by atoms with E-state index in [-0.39, 0.29) is 5.56 Å². The number of aromatic nitrogens is 4. The molecule has 0 amide bonds. The van der Waals surface area contributed by atoms with E-state index < -0.39 is 0 Å². The van der Waals surface area contributed by atoms with Gasteiger partial charge in [0, 0.05) is 40.3 Å². The molecule has 0 unspecified atom stereocenters. The molecule has 0 aliphatic carbocycles. The molecule has 1 fully saturated rings. The second-order valence-corrected chi connectivity index (χ2v) is 5.07. The summed E-state index contributed by atoms with van der Waals surface area (Å²) in [7, 11) is 5.67. The van der Waals surface area contributed by atoms with Crippen molar-refractivity contribution in [1.82, 2.24) is 24.2 Å². The predicted molar refractivity (Wildman–Crippen MR) is 73.5 cm³/mol. The second kappa shape index (κ2) is 4.34. The summed E-state index contributed by atoms with van der Waals surface area (Å²) in [5.41, 5.74) is 1.18. The molecular weight excluding hydrogens is 244 g/mol. The summed E-state index contributed by atoms with van der Waals surface area (Å²) in [5.74, 6) is 0.855. The quantitative estimate of drug-likeness (QED) is 0.688. The maximum absolute atomic E-state index is 12.1. The molecule has 2 aromatic heterocycles. The third-order valence-electron chi connectivity index (χ3n) is 3.73. The molecule has 19 heavy (non-hydrogen) atoms. The maximum atomic E-state index is 12.1. The summed E-state index contributed by atoms with van der Waals surface area (Å²) < 4.78 is 3.22. The molecular formula is C12H18N6O. The van der Waals surface area contributed by atoms with Gasteiger partial charge < -0.3 is 14.4 Å². The Hall–Kier alpha value is -1.89. The van der Waals surface area contributed by atoms with Crippen LogP contribution in [0.4, 0.5) is 5.95 Å². The molecule has 102 valence electrons. The number of rotatable bonds is 1. The molecule has 3 rings (SSSR count). The van der Waals surface area contributed by atoms with Crippen molar-refractivity contribution in [1.29, 1.82) is 0 Å². The minimum Gasteiger partial charge on any atom is -0.340 e. The molecule has 7 nitrogen and oxygen atoms in total. The third-order valence-corrected chi connectivity index (χ3v) is 3.73. The summed E-state index contributed by atoms with van der Waals surface area (Å²) in [6, 6.07) is 0. The molecule has 0 saturated carbocycles. The van der Waals surface area contributed by atoms with Crippen molar-refractivity contribution >= 4 is 17.0 Å². The van der Waals surface area contributed by atoms with Gasteiger partial charge in [-0.3, -0.25) is 4.79 Å². The van der Waals surface area contributed by atoms with E-state index in [0.717, 1.165) is 32.1 Å². The number of likely N-dealkylation sites (N-methyl/N-ethyl adjacent to an activating group) is 1. The van der Waals surface area contributed by atoms with Gasteiger partial charge in [-0.2, -0.15) is 5.10 Å². The van der Waals surface area contributed by atoms with Gasteiger partial charge in [-0.05, 0) is 7.05 Å². The van der Waals surface area contributed by atoms with Crippen LogP contribution in [0.1, 0.15) is 0 Å². The number of imidazole rings is 1. The molecule has 0 atom stereocenters. The van der Waals surface area contributed by atoms with E-state index in [9.17, 15) is 4.79 Å². The lowest BCUT2D eigenvalue weighted by Gasteiger charge is -2.32. The van der Waals surface area contributed by atoms with Crippen LogP contribution in [0.15, 0.2) is 11.0 Å². The predicted octanol–water partition coefficient (Wildman–Crippen LogP) is -0.581. The van der Waals surface area contributed by atoms with Crippen molar-refractivity contribution < 1.29 is 0 Å². The first-order valence-electron chi connectivity index (χ1n) is 6.40. The van der Waals surface area contributed by atoms with Crippen LogP contribution in [0, 0.1) is 0 Å². The molecule has 3 heterocycles. The van der Waals surface area contributed by atoms with E-state index in [4.69, 9.17) is 0 Å². The topological polar surface area (TPSA) is 59.2 Å². The van der Waals surface area contributed by atoms with Gasteiger partial charge in [-0.1, -0.05) is 0 Å². The molecule has 0 aromatic carbocycles. The fourth-order valence-corrected chi connectivity index (χ4v) is 2.49. The van der Waals surface area contributed by atoms with Crippen LogP contribution in [-0.4, -0.2) is 57.5 Å². The van der Waals surface area contributed by atoms with Crippen molar-refractivity contribution in [2.75, 3.05) is 38.1 Å². The van der Waals surface area contributed by atoms with E-state index in [1.165, 1.54) is 4.68 Å². The number of hydrogen-bond donors (Lipinski definition) is 0. The van der Waals surface area contributed by atoms with Crippen LogP contribution in [-0.2, 0) is 14.1 Å². The summed E-state index contributed by atoms with van der Waals surface area (Å²) >= 11 is 0. The van der Waals surface area contributed by atoms with E-state index >= 15 is 0 Å². The monoisotopic (exact) mass is 262 g/mol. The average molecular weight is 262 g/mol. The fraction of sp³-hybridized carbons (Fsp3) is 0.583. The first-order valence-corrected chi connectivity index (χ1v) is 6.40. The Kier molecular flexibility index (Phi) is 2.78. The number of piperazine rings is 1. The minimum absolute atomic E-state index is 0.104. The van der Waals surface area contributed by atoms with E-state index in [2.05, 4.69) is 26.9 Å². The Balaban J connectivity index is 2.08. The molecule has 0 bridgehead atoms. The fourth-order valence-electron chi connectivity index (χ4n) is 2.49. The molecule has 0 spiro atoms. The van der Waals surface area contributed by atoms with Gasteiger partial charge in [0.25, 0.3) is 5.56 Å². The van der Waals surface area contributed by atoms with Gasteiger partial charge in [0.2, 0.25) is 5.95 Å². The van der Waals surface area contributed by atoms with Crippen LogP contribution in [0.25, 0.3) is 11.0 Å². The first kappa shape index (κ1) is 12.2. The average Bonchev–Trinajstić information content (AvgIpc) is 2.73. The molecule has 1 aliphatic rings. The van der Waals surface area contributed by atoms with Crippen LogP contribution in [0.2, 0.25) is 0 Å². The van der Waals surface area contributed by atoms with Crippen molar-refractivity contribution in [2.45, 2.75) is 0 Å². The van der Waals surface area contributed by atoms with Crippen LogP contribution in [0.5, 0.6) is 0 Å². The van der Waals surface area contributed by atoms with Gasteiger partial charge in [-0.25, -0.2) is 9.67 Å². The Morgan fingerprint density at radius 3 is 2.47 bits per heavy atom. The lowest BCUT2D eigenvalue weighted by molar-refractivity contribution is 0.310. The van der Waals surface area contributed by atoms with Crippen molar-refractivity contribution in [3.05, 3.63) is 16.6 Å². The van der Waals surface area contributed by atoms with E-state index in [1.807, 2.05) is 11.6 Å². The number of aryl methyl sites for hydroxylation is 2. The highest BCUT2D eigenvalue weighted by Gasteiger charge is 2.20. The Morgan fingerprint density at radius 2 is 1.79 bits per heavy atom. The maximum Gasteiger partial charge on any atom is 0.292 e. The Morgan fingerprint density at radius 1 is 1.11 bits per heavy atom. The van der Waals surface area contributed by atoms with Crippen molar-refractivity contribution in [2.24, 2.45) is 14.1 Å². The number of hydrogen-bond acceptors (Lipinski definition) is 5. The zero-order valence-electron chi connectivity index (χ0n) is 11.5. The third kappa shape index (κ3) is 1.90. The Labute approximate surface area is 111 Å². The van der Waals surface area contributed by atoms with Gasteiger partial charge in [0.1, 0.15) is 11.0 Å². The van der Waals surface area contributed by atoms with E-state index in [1.54, 1.807) is 13.2 Å². The molecule has 2 aromatic rings. The highest BCUT2D eigenvalue weighted by molar-refractivity contribution is 5.76. The number of nitrogens with zero attached hydrogens (tertiary/aromatic N) is 6. The Bertz CT molecular complexity index is 665. The van der Waals surface area contributed by atoms with Crippen LogP contribution < -0.4 is 10.5 Å². The summed E-state index contributed by atoms with van der Waals surface area (Å²) in [6.07, 6.45) is 1.65. The molecule has 0 N–H and O–H groups in total. The lowest BCUT2D eigenvalue weighted by Crippen LogP contribution is -2.45. The zero-order valence-corrected chi connectivity index (χ0v) is 11.5. The number of anilines is 1. The molecule has 7 heteroatoms.